The molecule has 4 N–H and O–H groups in total. The van der Waals surface area contributed by atoms with E-state index in [2.05, 4.69) is 0 Å². The van der Waals surface area contributed by atoms with Gasteiger partial charge in [-0.1, -0.05) is 31.9 Å². The first-order valence-electron chi connectivity index (χ1n) is 16.2. The summed E-state index contributed by atoms with van der Waals surface area (Å²) in [6.45, 7) is 4.10. The standard InChI is InChI=1S/C34H41NO10S/c1-2-25(39)45-31-21-16-24(38)28(23(37)10-11-35-12-14-44-15-13-35)32(41)34(21,43)33(42)29-27(31)20(17-46-18-6-3-4-7-18)19-8-5-9-22(36)26(19)30(29)40/h5,8-9,18,20-21,27,31,36,40-41,43H,2-4,6-7,10-17H2,1H3/t20-,21+,27+,31+,34+/m0/s1. The van der Waals surface area contributed by atoms with Crippen molar-refractivity contribution in [3.05, 3.63) is 46.2 Å². The summed E-state index contributed by atoms with van der Waals surface area (Å²) >= 11 is 1.71. The number of ether oxygens (including phenoxy) is 2. The number of rotatable bonds is 9. The highest BCUT2D eigenvalue weighted by atomic mass is 32.2. The number of morpholine rings is 1. The van der Waals surface area contributed by atoms with Crippen LogP contribution < -0.4 is 0 Å². The van der Waals surface area contributed by atoms with Crippen molar-refractivity contribution in [2.45, 2.75) is 74.7 Å². The van der Waals surface area contributed by atoms with Gasteiger partial charge in [0.25, 0.3) is 0 Å². The van der Waals surface area contributed by atoms with E-state index in [4.69, 9.17) is 9.47 Å². The summed E-state index contributed by atoms with van der Waals surface area (Å²) in [6, 6.07) is 4.78. The fourth-order valence-corrected chi connectivity index (χ4v) is 9.41. The Labute approximate surface area is 271 Å². The first-order valence-corrected chi connectivity index (χ1v) is 17.3. The van der Waals surface area contributed by atoms with Gasteiger partial charge in [0.05, 0.1) is 18.8 Å². The molecule has 0 bridgehead atoms. The van der Waals surface area contributed by atoms with E-state index >= 15 is 0 Å². The predicted molar refractivity (Wildman–Crippen MR) is 168 cm³/mol. The smallest absolute Gasteiger partial charge is 0.305 e. The topological polar surface area (TPSA) is 171 Å². The molecular formula is C34H41NO10S. The Morgan fingerprint density at radius 1 is 1.11 bits per heavy atom. The van der Waals surface area contributed by atoms with E-state index < -0.39 is 76.3 Å². The van der Waals surface area contributed by atoms with Crippen molar-refractivity contribution in [2.24, 2.45) is 11.8 Å². The third-order valence-electron chi connectivity index (χ3n) is 10.3. The average Bonchev–Trinajstić information content (AvgIpc) is 3.57. The van der Waals surface area contributed by atoms with Gasteiger partial charge in [-0.2, -0.15) is 11.8 Å². The fraction of sp³-hybridized carbons (Fsp3) is 0.588. The second-order valence-corrected chi connectivity index (χ2v) is 14.2. The summed E-state index contributed by atoms with van der Waals surface area (Å²) in [6.07, 6.45) is 2.31. The largest absolute Gasteiger partial charge is 0.508 e. The summed E-state index contributed by atoms with van der Waals surface area (Å²) < 4.78 is 11.3. The molecule has 11 nitrogen and oxygen atoms in total. The minimum Gasteiger partial charge on any atom is -0.508 e. The zero-order valence-corrected chi connectivity index (χ0v) is 26.7. The highest BCUT2D eigenvalue weighted by Crippen LogP contribution is 2.57. The number of Topliss-reactive ketones (excluding diaryl/α,β-unsaturated/α-hetero) is 3. The van der Waals surface area contributed by atoms with Crippen LogP contribution in [-0.2, 0) is 28.7 Å². The molecule has 0 radical (unpaired) electrons. The molecular weight excluding hydrogens is 614 g/mol. The molecule has 3 fully saturated rings. The molecule has 5 atom stereocenters. The van der Waals surface area contributed by atoms with Crippen LogP contribution in [0, 0.1) is 11.8 Å². The van der Waals surface area contributed by atoms with Crippen LogP contribution >= 0.6 is 11.8 Å². The van der Waals surface area contributed by atoms with E-state index in [9.17, 15) is 39.6 Å². The zero-order valence-electron chi connectivity index (χ0n) is 25.9. The molecule has 0 spiro atoms. The number of hydrogen-bond acceptors (Lipinski definition) is 12. The highest BCUT2D eigenvalue weighted by Gasteiger charge is 2.66. The lowest BCUT2D eigenvalue weighted by Crippen LogP contribution is -2.64. The minimum absolute atomic E-state index is 0.0345. The summed E-state index contributed by atoms with van der Waals surface area (Å²) in [4.78, 5) is 56.4. The van der Waals surface area contributed by atoms with Crippen molar-refractivity contribution >= 4 is 40.8 Å². The van der Waals surface area contributed by atoms with Gasteiger partial charge in [0.1, 0.15) is 28.9 Å². The Hall–Kier alpha value is -3.19. The number of aliphatic hydroxyl groups is 3. The second kappa shape index (κ2) is 13.1. The fourth-order valence-electron chi connectivity index (χ4n) is 7.87. The van der Waals surface area contributed by atoms with Crippen molar-refractivity contribution in [2.75, 3.05) is 38.6 Å². The predicted octanol–water partition coefficient (Wildman–Crippen LogP) is 3.38. The van der Waals surface area contributed by atoms with Crippen LogP contribution in [0.2, 0.25) is 0 Å². The second-order valence-electron chi connectivity index (χ2n) is 12.9. The van der Waals surface area contributed by atoms with Crippen molar-refractivity contribution in [3.63, 3.8) is 0 Å². The lowest BCUT2D eigenvalue weighted by molar-refractivity contribution is -0.178. The molecule has 1 aromatic rings. The van der Waals surface area contributed by atoms with Crippen molar-refractivity contribution in [3.8, 4) is 5.75 Å². The normalized spacial score (nSPS) is 30.2. The van der Waals surface area contributed by atoms with Gasteiger partial charge in [-0.05, 0) is 24.5 Å². The van der Waals surface area contributed by atoms with E-state index in [1.165, 1.54) is 6.07 Å². The number of ketones is 3. The average molecular weight is 656 g/mol. The molecule has 6 rings (SSSR count). The number of aliphatic hydroxyl groups excluding tert-OH is 2. The first-order chi connectivity index (χ1) is 22.1. The molecule has 1 aromatic carbocycles. The molecule has 2 saturated carbocycles. The summed E-state index contributed by atoms with van der Waals surface area (Å²) in [5.41, 5.74) is -3.15. The number of hydrogen-bond donors (Lipinski definition) is 4. The summed E-state index contributed by atoms with van der Waals surface area (Å²) in [5, 5.41) is 46.7. The third-order valence-corrected chi connectivity index (χ3v) is 11.8. The number of phenols is 1. The van der Waals surface area contributed by atoms with Crippen molar-refractivity contribution in [1.29, 1.82) is 0 Å². The van der Waals surface area contributed by atoms with E-state index in [1.54, 1.807) is 30.8 Å². The molecule has 4 aliphatic carbocycles. The maximum absolute atomic E-state index is 14.5. The van der Waals surface area contributed by atoms with Gasteiger partial charge in [-0.15, -0.1) is 0 Å². The highest BCUT2D eigenvalue weighted by molar-refractivity contribution is 7.99. The number of allylic oxidation sites excluding steroid dienone is 1. The number of fused-ring (bicyclic) bond motifs is 3. The first kappa shape index (κ1) is 32.7. The summed E-state index contributed by atoms with van der Waals surface area (Å²) in [7, 11) is 0. The van der Waals surface area contributed by atoms with Crippen LogP contribution in [-0.4, -0.2) is 104 Å². The van der Waals surface area contributed by atoms with Gasteiger partial charge in [0.15, 0.2) is 17.2 Å². The van der Waals surface area contributed by atoms with Gasteiger partial charge in [0.2, 0.25) is 5.78 Å². The Morgan fingerprint density at radius 3 is 2.52 bits per heavy atom. The minimum atomic E-state index is -2.82. The quantitative estimate of drug-likeness (QED) is 0.226. The molecule has 0 amide bonds. The van der Waals surface area contributed by atoms with Crippen LogP contribution in [0.3, 0.4) is 0 Å². The number of benzene rings is 1. The van der Waals surface area contributed by atoms with Crippen molar-refractivity contribution < 1.29 is 49.1 Å². The van der Waals surface area contributed by atoms with Gasteiger partial charge in [-0.25, -0.2) is 0 Å². The Balaban J connectivity index is 1.45. The van der Waals surface area contributed by atoms with Crippen LogP contribution in [0.25, 0.3) is 5.76 Å². The number of carbonyl (C=O) groups is 4. The van der Waals surface area contributed by atoms with Crippen LogP contribution in [0.5, 0.6) is 5.75 Å². The molecule has 0 unspecified atom stereocenters. The van der Waals surface area contributed by atoms with Gasteiger partial charge in [0, 0.05) is 73.2 Å². The number of esters is 1. The van der Waals surface area contributed by atoms with Crippen LogP contribution in [0.1, 0.15) is 68.9 Å². The maximum atomic E-state index is 14.5. The number of aromatic hydroxyl groups is 1. The van der Waals surface area contributed by atoms with E-state index in [0.717, 1.165) is 25.7 Å². The number of phenolic OH excluding ortho intramolecular Hbond substituents is 1. The molecule has 248 valence electrons. The van der Waals surface area contributed by atoms with E-state index in [-0.39, 0.29) is 29.7 Å². The van der Waals surface area contributed by atoms with E-state index in [1.807, 2.05) is 4.90 Å². The number of carbonyl (C=O) groups excluding carboxylic acids is 4. The molecule has 46 heavy (non-hydrogen) atoms. The summed E-state index contributed by atoms with van der Waals surface area (Å²) in [5.74, 6) is -7.57. The molecule has 5 aliphatic rings. The Kier molecular flexibility index (Phi) is 9.35. The monoisotopic (exact) mass is 655 g/mol. The molecule has 0 aromatic heterocycles. The lowest BCUT2D eigenvalue weighted by Gasteiger charge is -2.52. The Morgan fingerprint density at radius 2 is 1.83 bits per heavy atom. The van der Waals surface area contributed by atoms with E-state index in [0.29, 0.717) is 49.4 Å². The molecule has 12 heteroatoms. The maximum Gasteiger partial charge on any atom is 0.305 e. The molecule has 1 saturated heterocycles. The number of nitrogens with zero attached hydrogens (tertiary/aromatic N) is 1. The SMILES string of the molecule is CCC(=O)O[C@H]1[C@H]2C(=C(O)c3c(O)cccc3[C@@H]2CSC2CCCC2)C(=O)[C@]2(O)C(O)=C(C(=O)CCN3CCOCC3)C(=O)C[C@H]12. The molecule has 1 aliphatic heterocycles. The Bertz CT molecular complexity index is 1490. The number of thioether (sulfide) groups is 1. The van der Waals surface area contributed by atoms with Gasteiger partial charge in [-0.3, -0.25) is 24.1 Å². The van der Waals surface area contributed by atoms with Gasteiger partial charge >= 0.3 is 5.97 Å². The third kappa shape index (κ3) is 5.56. The van der Waals surface area contributed by atoms with Crippen LogP contribution in [0.4, 0.5) is 0 Å². The zero-order chi connectivity index (χ0) is 32.7. The van der Waals surface area contributed by atoms with Gasteiger partial charge < -0.3 is 29.9 Å². The molecule has 1 heterocycles. The lowest BCUT2D eigenvalue weighted by atomic mass is 9.55. The van der Waals surface area contributed by atoms with Crippen LogP contribution in [0.15, 0.2) is 35.1 Å². The van der Waals surface area contributed by atoms with Crippen molar-refractivity contribution in [1.82, 2.24) is 4.90 Å².